The number of halogens is 1. The van der Waals surface area contributed by atoms with E-state index in [0.717, 1.165) is 25.7 Å². The Morgan fingerprint density at radius 1 is 1.07 bits per heavy atom. The van der Waals surface area contributed by atoms with Crippen LogP contribution in [-0.4, -0.2) is 60.1 Å². The van der Waals surface area contributed by atoms with Crippen LogP contribution in [0.4, 0.5) is 14.9 Å². The van der Waals surface area contributed by atoms with E-state index >= 15 is 0 Å². The van der Waals surface area contributed by atoms with Crippen LogP contribution in [-0.2, 0) is 4.79 Å². The van der Waals surface area contributed by atoms with E-state index in [0.29, 0.717) is 44.5 Å². The van der Waals surface area contributed by atoms with Crippen molar-refractivity contribution in [3.8, 4) is 0 Å². The number of imide groups is 1. The SMILES string of the molecule is CC(C)(C)C1CCC2(CC1)NC(=O)N(CN1CCN(c3ccccc3F)CC1)C2=O. The highest BCUT2D eigenvalue weighted by Crippen LogP contribution is 2.43. The second-order valence-corrected chi connectivity index (χ2v) is 10.1. The molecule has 0 unspecified atom stereocenters. The number of carbonyl (C=O) groups excluding carboxylic acids is 2. The number of hydrogen-bond donors (Lipinski definition) is 1. The van der Waals surface area contributed by atoms with Gasteiger partial charge in [-0.25, -0.2) is 14.1 Å². The van der Waals surface area contributed by atoms with Gasteiger partial charge < -0.3 is 10.2 Å². The summed E-state index contributed by atoms with van der Waals surface area (Å²) in [6, 6.07) is 6.53. The highest BCUT2D eigenvalue weighted by atomic mass is 19.1. The van der Waals surface area contributed by atoms with Gasteiger partial charge in [-0.2, -0.15) is 0 Å². The third-order valence-corrected chi connectivity index (χ3v) is 7.22. The molecule has 0 radical (unpaired) electrons. The number of anilines is 1. The summed E-state index contributed by atoms with van der Waals surface area (Å²) in [6.07, 6.45) is 3.36. The molecule has 1 spiro atoms. The predicted molar refractivity (Wildman–Crippen MR) is 115 cm³/mol. The highest BCUT2D eigenvalue weighted by molar-refractivity contribution is 6.07. The average molecular weight is 417 g/mol. The van der Waals surface area contributed by atoms with Gasteiger partial charge in [0.1, 0.15) is 11.4 Å². The third-order valence-electron chi connectivity index (χ3n) is 7.22. The van der Waals surface area contributed by atoms with Gasteiger partial charge in [0.05, 0.1) is 12.4 Å². The van der Waals surface area contributed by atoms with Gasteiger partial charge in [-0.15, -0.1) is 0 Å². The summed E-state index contributed by atoms with van der Waals surface area (Å²) in [6.45, 7) is 9.76. The Bertz CT molecular complexity index is 806. The minimum Gasteiger partial charge on any atom is -0.367 e. The maximum Gasteiger partial charge on any atom is 0.326 e. The van der Waals surface area contributed by atoms with Crippen LogP contribution in [0.5, 0.6) is 0 Å². The predicted octanol–water partition coefficient (Wildman–Crippen LogP) is 3.43. The molecule has 2 saturated heterocycles. The Morgan fingerprint density at radius 2 is 1.70 bits per heavy atom. The number of urea groups is 1. The molecule has 3 aliphatic rings. The van der Waals surface area contributed by atoms with E-state index in [4.69, 9.17) is 0 Å². The summed E-state index contributed by atoms with van der Waals surface area (Å²) < 4.78 is 14.0. The average Bonchev–Trinajstić information content (AvgIpc) is 2.93. The highest BCUT2D eigenvalue weighted by Gasteiger charge is 2.53. The van der Waals surface area contributed by atoms with Gasteiger partial charge in [-0.1, -0.05) is 32.9 Å². The van der Waals surface area contributed by atoms with Crippen molar-refractivity contribution in [1.82, 2.24) is 15.1 Å². The number of hydrogen-bond acceptors (Lipinski definition) is 4. The number of piperazine rings is 1. The molecule has 1 saturated carbocycles. The number of rotatable bonds is 3. The summed E-state index contributed by atoms with van der Waals surface area (Å²) >= 11 is 0. The molecule has 1 aromatic carbocycles. The number of benzene rings is 1. The Morgan fingerprint density at radius 3 is 2.30 bits per heavy atom. The Hall–Kier alpha value is -2.15. The third kappa shape index (κ3) is 3.92. The van der Waals surface area contributed by atoms with E-state index < -0.39 is 5.54 Å². The lowest BCUT2D eigenvalue weighted by molar-refractivity contribution is -0.134. The van der Waals surface area contributed by atoms with Crippen molar-refractivity contribution >= 4 is 17.6 Å². The van der Waals surface area contributed by atoms with Crippen molar-refractivity contribution in [2.75, 3.05) is 37.7 Å². The maximum atomic E-state index is 14.0. The van der Waals surface area contributed by atoms with E-state index in [1.54, 1.807) is 12.1 Å². The minimum absolute atomic E-state index is 0.0728. The van der Waals surface area contributed by atoms with Crippen LogP contribution >= 0.6 is 0 Å². The first-order chi connectivity index (χ1) is 14.2. The molecule has 6 nitrogen and oxygen atoms in total. The molecule has 1 aliphatic carbocycles. The van der Waals surface area contributed by atoms with Crippen molar-refractivity contribution < 1.29 is 14.0 Å². The van der Waals surface area contributed by atoms with Crippen molar-refractivity contribution in [1.29, 1.82) is 0 Å². The zero-order valence-corrected chi connectivity index (χ0v) is 18.3. The number of para-hydroxylation sites is 1. The second-order valence-electron chi connectivity index (χ2n) is 10.1. The van der Waals surface area contributed by atoms with E-state index in [2.05, 4.69) is 31.0 Å². The molecular weight excluding hydrogens is 383 g/mol. The van der Waals surface area contributed by atoms with Crippen molar-refractivity contribution in [2.24, 2.45) is 11.3 Å². The fourth-order valence-electron chi connectivity index (χ4n) is 5.16. The van der Waals surface area contributed by atoms with Gasteiger partial charge >= 0.3 is 6.03 Å². The van der Waals surface area contributed by atoms with Crippen LogP contribution in [0.3, 0.4) is 0 Å². The van der Waals surface area contributed by atoms with Gasteiger partial charge in [-0.3, -0.25) is 9.69 Å². The van der Waals surface area contributed by atoms with E-state index in [9.17, 15) is 14.0 Å². The molecule has 4 rings (SSSR count). The van der Waals surface area contributed by atoms with Crippen molar-refractivity contribution in [2.45, 2.75) is 52.0 Å². The Kier molecular flexibility index (Phi) is 5.51. The fourth-order valence-corrected chi connectivity index (χ4v) is 5.16. The van der Waals surface area contributed by atoms with Gasteiger partial charge in [0.2, 0.25) is 0 Å². The quantitative estimate of drug-likeness (QED) is 0.767. The van der Waals surface area contributed by atoms with Crippen LogP contribution in [0.15, 0.2) is 24.3 Å². The topological polar surface area (TPSA) is 55.9 Å². The molecule has 164 valence electrons. The standard InChI is InChI=1S/C23H33FN4O2/c1-22(2,3)17-8-10-23(11-9-17)20(29)28(21(30)25-23)16-26-12-14-27(15-13-26)19-7-5-4-6-18(19)24/h4-7,17H,8-16H2,1-3H3,(H,25,30). The van der Waals surface area contributed by atoms with Gasteiger partial charge in [0.15, 0.2) is 0 Å². The molecule has 7 heteroatoms. The molecule has 30 heavy (non-hydrogen) atoms. The monoisotopic (exact) mass is 416 g/mol. The Labute approximate surface area is 178 Å². The van der Waals surface area contributed by atoms with Crippen molar-refractivity contribution in [3.05, 3.63) is 30.1 Å². The number of nitrogens with zero attached hydrogens (tertiary/aromatic N) is 3. The molecule has 0 atom stereocenters. The molecule has 3 amide bonds. The van der Waals surface area contributed by atoms with Gasteiger partial charge in [0, 0.05) is 26.2 Å². The second kappa shape index (κ2) is 7.84. The summed E-state index contributed by atoms with van der Waals surface area (Å²) in [5, 5.41) is 3.02. The Balaban J connectivity index is 1.34. The molecule has 0 aromatic heterocycles. The molecule has 0 bridgehead atoms. The zero-order chi connectivity index (χ0) is 21.5. The van der Waals surface area contributed by atoms with Crippen molar-refractivity contribution in [3.63, 3.8) is 0 Å². The minimum atomic E-state index is -0.714. The molecule has 2 aliphatic heterocycles. The molecular formula is C23H33FN4O2. The molecule has 3 fully saturated rings. The lowest BCUT2D eigenvalue weighted by Gasteiger charge is -2.41. The van der Waals surface area contributed by atoms with E-state index in [1.807, 2.05) is 11.0 Å². The van der Waals surface area contributed by atoms with Crippen LogP contribution in [0, 0.1) is 17.2 Å². The summed E-state index contributed by atoms with van der Waals surface area (Å²) in [5.41, 5.74) is 0.125. The zero-order valence-electron chi connectivity index (χ0n) is 18.3. The lowest BCUT2D eigenvalue weighted by Crippen LogP contribution is -2.53. The molecule has 1 aromatic rings. The summed E-state index contributed by atoms with van der Waals surface area (Å²) in [5.74, 6) is 0.289. The first kappa shape index (κ1) is 21.1. The molecule has 1 N–H and O–H groups in total. The van der Waals surface area contributed by atoms with Crippen LogP contribution < -0.4 is 10.2 Å². The van der Waals surface area contributed by atoms with Crippen LogP contribution in [0.2, 0.25) is 0 Å². The van der Waals surface area contributed by atoms with E-state index in [1.165, 1.54) is 11.0 Å². The normalized spacial score (nSPS) is 28.3. The number of nitrogens with one attached hydrogen (secondary N) is 1. The summed E-state index contributed by atoms with van der Waals surface area (Å²) in [7, 11) is 0. The van der Waals surface area contributed by atoms with Crippen LogP contribution in [0.1, 0.15) is 46.5 Å². The summed E-state index contributed by atoms with van der Waals surface area (Å²) in [4.78, 5) is 31.4. The largest absolute Gasteiger partial charge is 0.367 e. The number of amides is 3. The molecule has 2 heterocycles. The first-order valence-electron chi connectivity index (χ1n) is 11.1. The maximum absolute atomic E-state index is 14.0. The van der Waals surface area contributed by atoms with E-state index in [-0.39, 0.29) is 23.2 Å². The van der Waals surface area contributed by atoms with Crippen LogP contribution in [0.25, 0.3) is 0 Å². The number of carbonyl (C=O) groups is 2. The van der Waals surface area contributed by atoms with Gasteiger partial charge in [-0.05, 0) is 49.1 Å². The fraction of sp³-hybridized carbons (Fsp3) is 0.652. The lowest BCUT2D eigenvalue weighted by atomic mass is 9.67. The van der Waals surface area contributed by atoms with Gasteiger partial charge in [0.25, 0.3) is 5.91 Å². The smallest absolute Gasteiger partial charge is 0.326 e. The first-order valence-corrected chi connectivity index (χ1v) is 11.1.